The molecule has 0 aliphatic carbocycles. The average molecular weight is 288 g/mol. The average Bonchev–Trinajstić information content (AvgIpc) is 2.43. The van der Waals surface area contributed by atoms with Gasteiger partial charge >= 0.3 is 0 Å². The molecule has 1 aromatic heterocycles. The van der Waals surface area contributed by atoms with E-state index in [2.05, 4.69) is 15.3 Å². The largest absolute Gasteiger partial charge is 0.439 e. The highest BCUT2D eigenvalue weighted by molar-refractivity contribution is 5.50. The Balaban J connectivity index is 2.29. The summed E-state index contributed by atoms with van der Waals surface area (Å²) in [6, 6.07) is 4.77. The normalized spacial score (nSPS) is 10.2. The molecule has 0 spiro atoms. The summed E-state index contributed by atoms with van der Waals surface area (Å²) in [5.74, 6) is 1.41. The van der Waals surface area contributed by atoms with Gasteiger partial charge in [0.1, 0.15) is 5.75 Å². The van der Waals surface area contributed by atoms with Gasteiger partial charge < -0.3 is 10.1 Å². The van der Waals surface area contributed by atoms with Crippen LogP contribution in [0.2, 0.25) is 0 Å². The first-order valence-corrected chi connectivity index (χ1v) is 6.51. The molecule has 7 nitrogen and oxygen atoms in total. The van der Waals surface area contributed by atoms with Gasteiger partial charge in [-0.15, -0.1) is 0 Å². The van der Waals surface area contributed by atoms with Crippen molar-refractivity contribution in [2.45, 2.75) is 20.8 Å². The van der Waals surface area contributed by atoms with Crippen molar-refractivity contribution < 1.29 is 9.66 Å². The fourth-order valence-corrected chi connectivity index (χ4v) is 1.84. The third-order valence-corrected chi connectivity index (χ3v) is 2.87. The lowest BCUT2D eigenvalue weighted by Gasteiger charge is -2.10. The molecule has 0 aliphatic rings. The fraction of sp³-hybridized carbons (Fsp3) is 0.286. The maximum absolute atomic E-state index is 10.9. The van der Waals surface area contributed by atoms with Gasteiger partial charge in [0.05, 0.1) is 4.92 Å². The van der Waals surface area contributed by atoms with Gasteiger partial charge in [0.15, 0.2) is 0 Å². The topological polar surface area (TPSA) is 90.2 Å². The van der Waals surface area contributed by atoms with Crippen LogP contribution in [0.15, 0.2) is 24.4 Å². The maximum Gasteiger partial charge on any atom is 0.272 e. The number of aryl methyl sites for hydroxylation is 2. The Morgan fingerprint density at radius 1 is 1.33 bits per heavy atom. The van der Waals surface area contributed by atoms with Crippen LogP contribution in [0.3, 0.4) is 0 Å². The van der Waals surface area contributed by atoms with Crippen molar-refractivity contribution in [1.29, 1.82) is 0 Å². The molecule has 2 aromatic rings. The van der Waals surface area contributed by atoms with E-state index >= 15 is 0 Å². The molecule has 0 atom stereocenters. The number of nitrogens with zero attached hydrogens (tertiary/aromatic N) is 3. The summed E-state index contributed by atoms with van der Waals surface area (Å²) in [6.45, 7) is 6.09. The van der Waals surface area contributed by atoms with Crippen molar-refractivity contribution in [3.63, 3.8) is 0 Å². The van der Waals surface area contributed by atoms with E-state index < -0.39 is 4.92 Å². The summed E-state index contributed by atoms with van der Waals surface area (Å²) in [7, 11) is 0. The highest BCUT2D eigenvalue weighted by Gasteiger charge is 2.14. The number of hydrogen-bond acceptors (Lipinski definition) is 6. The summed E-state index contributed by atoms with van der Waals surface area (Å²) in [5, 5.41) is 13.9. The molecule has 1 aromatic carbocycles. The first kappa shape index (κ1) is 14.7. The maximum atomic E-state index is 10.9. The summed E-state index contributed by atoms with van der Waals surface area (Å²) in [5.41, 5.74) is 1.30. The number of nitrogens with one attached hydrogen (secondary N) is 1. The second-order valence-electron chi connectivity index (χ2n) is 4.51. The van der Waals surface area contributed by atoms with Crippen LogP contribution in [-0.4, -0.2) is 21.4 Å². The van der Waals surface area contributed by atoms with Crippen LogP contribution in [0, 0.1) is 24.0 Å². The van der Waals surface area contributed by atoms with Gasteiger partial charge in [-0.1, -0.05) is 0 Å². The summed E-state index contributed by atoms with van der Waals surface area (Å²) >= 11 is 0. The highest BCUT2D eigenvalue weighted by Crippen LogP contribution is 2.30. The molecular formula is C14H16N4O3. The summed E-state index contributed by atoms with van der Waals surface area (Å²) < 4.78 is 5.70. The van der Waals surface area contributed by atoms with E-state index in [1.807, 2.05) is 6.92 Å². The van der Waals surface area contributed by atoms with Crippen LogP contribution in [0.1, 0.15) is 18.1 Å². The molecule has 110 valence electrons. The lowest BCUT2D eigenvalue weighted by Crippen LogP contribution is -2.02. The smallest absolute Gasteiger partial charge is 0.272 e. The minimum Gasteiger partial charge on any atom is -0.439 e. The first-order valence-electron chi connectivity index (χ1n) is 6.51. The van der Waals surface area contributed by atoms with Crippen LogP contribution in [0.4, 0.5) is 11.6 Å². The molecule has 2 rings (SSSR count). The summed E-state index contributed by atoms with van der Waals surface area (Å²) in [6.07, 6.45) is 1.59. The summed E-state index contributed by atoms with van der Waals surface area (Å²) in [4.78, 5) is 18.8. The number of aromatic nitrogens is 2. The van der Waals surface area contributed by atoms with E-state index in [9.17, 15) is 10.1 Å². The molecule has 1 heterocycles. The Hall–Kier alpha value is -2.70. The van der Waals surface area contributed by atoms with E-state index in [1.165, 1.54) is 6.07 Å². The van der Waals surface area contributed by atoms with E-state index in [-0.39, 0.29) is 5.69 Å². The van der Waals surface area contributed by atoms with Gasteiger partial charge in [0, 0.05) is 30.4 Å². The molecule has 0 aliphatic heterocycles. The molecule has 1 N–H and O–H groups in total. The Morgan fingerprint density at radius 2 is 2.10 bits per heavy atom. The van der Waals surface area contributed by atoms with Gasteiger partial charge in [0.25, 0.3) is 5.69 Å². The minimum absolute atomic E-state index is 0.0795. The zero-order chi connectivity index (χ0) is 15.4. The monoisotopic (exact) mass is 288 g/mol. The molecular weight excluding hydrogens is 272 g/mol. The highest BCUT2D eigenvalue weighted by atomic mass is 16.6. The van der Waals surface area contributed by atoms with Crippen molar-refractivity contribution in [3.8, 4) is 11.6 Å². The fourth-order valence-electron chi connectivity index (χ4n) is 1.84. The lowest BCUT2D eigenvalue weighted by atomic mass is 10.1. The molecule has 0 radical (unpaired) electrons. The van der Waals surface area contributed by atoms with Gasteiger partial charge in [-0.2, -0.15) is 4.98 Å². The van der Waals surface area contributed by atoms with Gasteiger partial charge in [-0.25, -0.2) is 4.98 Å². The Kier molecular flexibility index (Phi) is 4.32. The van der Waals surface area contributed by atoms with Gasteiger partial charge in [-0.05, 0) is 32.4 Å². The minimum atomic E-state index is -0.403. The molecule has 0 unspecified atom stereocenters. The SMILES string of the molecule is CCNc1nccc(Oc2cc(C)c([N+](=O)[O-])cc2C)n1. The van der Waals surface area contributed by atoms with E-state index in [0.29, 0.717) is 35.2 Å². The zero-order valence-corrected chi connectivity index (χ0v) is 12.1. The van der Waals surface area contributed by atoms with E-state index in [0.717, 1.165) is 0 Å². The van der Waals surface area contributed by atoms with Crippen molar-refractivity contribution in [3.05, 3.63) is 45.6 Å². The standard InChI is InChI=1S/C14H16N4O3/c1-4-15-14-16-6-5-13(17-14)21-12-8-9(2)11(18(19)20)7-10(12)3/h5-8H,4H2,1-3H3,(H,15,16,17). The lowest BCUT2D eigenvalue weighted by molar-refractivity contribution is -0.385. The molecule has 0 amide bonds. The first-order chi connectivity index (χ1) is 10.0. The third kappa shape index (κ3) is 3.44. The number of nitro benzene ring substituents is 1. The van der Waals surface area contributed by atoms with Crippen molar-refractivity contribution >= 4 is 11.6 Å². The van der Waals surface area contributed by atoms with Crippen molar-refractivity contribution in [2.24, 2.45) is 0 Å². The third-order valence-electron chi connectivity index (χ3n) is 2.87. The second kappa shape index (κ2) is 6.17. The number of hydrogen-bond donors (Lipinski definition) is 1. The quantitative estimate of drug-likeness (QED) is 0.671. The van der Waals surface area contributed by atoms with Crippen molar-refractivity contribution in [2.75, 3.05) is 11.9 Å². The zero-order valence-electron chi connectivity index (χ0n) is 12.1. The Morgan fingerprint density at radius 3 is 2.76 bits per heavy atom. The predicted octanol–water partition coefficient (Wildman–Crippen LogP) is 3.23. The van der Waals surface area contributed by atoms with Crippen LogP contribution in [0.5, 0.6) is 11.6 Å². The van der Waals surface area contributed by atoms with Crippen LogP contribution in [0.25, 0.3) is 0 Å². The van der Waals surface area contributed by atoms with E-state index in [1.54, 1.807) is 32.2 Å². The van der Waals surface area contributed by atoms with Crippen LogP contribution >= 0.6 is 0 Å². The van der Waals surface area contributed by atoms with Crippen molar-refractivity contribution in [1.82, 2.24) is 9.97 Å². The number of anilines is 1. The molecule has 0 saturated heterocycles. The molecule has 0 saturated carbocycles. The predicted molar refractivity (Wildman–Crippen MR) is 78.8 cm³/mol. The van der Waals surface area contributed by atoms with Gasteiger partial charge in [-0.3, -0.25) is 10.1 Å². The van der Waals surface area contributed by atoms with Gasteiger partial charge in [0.2, 0.25) is 11.8 Å². The second-order valence-corrected chi connectivity index (χ2v) is 4.51. The molecule has 0 bridgehead atoms. The van der Waals surface area contributed by atoms with Crippen LogP contribution in [-0.2, 0) is 0 Å². The molecule has 0 fully saturated rings. The Bertz CT molecular complexity index is 673. The molecule has 21 heavy (non-hydrogen) atoms. The Labute approximate surface area is 122 Å². The molecule has 7 heteroatoms. The number of nitro groups is 1. The number of ether oxygens (including phenoxy) is 1. The number of benzene rings is 1. The van der Waals surface area contributed by atoms with E-state index in [4.69, 9.17) is 4.74 Å². The number of rotatable bonds is 5. The van der Waals surface area contributed by atoms with Crippen LogP contribution < -0.4 is 10.1 Å².